The maximum Gasteiger partial charge on any atom is 0.139 e. The van der Waals surface area contributed by atoms with Crippen LogP contribution in [0.5, 0.6) is 0 Å². The zero-order valence-electron chi connectivity index (χ0n) is 29.1. The van der Waals surface area contributed by atoms with Gasteiger partial charge in [-0.05, 0) is 137 Å². The Morgan fingerprint density at radius 3 is 2.07 bits per heavy atom. The first-order valence-corrected chi connectivity index (χ1v) is 16.3. The number of benzene rings is 3. The van der Waals surface area contributed by atoms with Crippen LogP contribution in [0.4, 0.5) is 8.78 Å². The maximum absolute atomic E-state index is 14.2. The summed E-state index contributed by atoms with van der Waals surface area (Å²) in [5.74, 6) is 0.0689. The molecule has 2 saturated carbocycles. The summed E-state index contributed by atoms with van der Waals surface area (Å²) in [4.78, 5) is 15.7. The minimum atomic E-state index is -0.160. The molecule has 0 atom stereocenters. The predicted octanol–water partition coefficient (Wildman–Crippen LogP) is 10.7. The third-order valence-corrected chi connectivity index (χ3v) is 9.04. The molecular weight excluding hydrogens is 574 g/mol. The molecule has 0 aliphatic heterocycles. The molecule has 46 heavy (non-hydrogen) atoms. The largest absolute Gasteiger partial charge is 0.388 e. The van der Waals surface area contributed by atoms with Crippen molar-refractivity contribution in [1.82, 2.24) is 10.3 Å². The van der Waals surface area contributed by atoms with E-state index in [1.807, 2.05) is 66.8 Å². The van der Waals surface area contributed by atoms with Crippen LogP contribution in [0, 0.1) is 44.7 Å². The third kappa shape index (κ3) is 8.99. The highest BCUT2D eigenvalue weighted by molar-refractivity contribution is 5.89. The number of aryl methyl sites for hydroxylation is 4. The van der Waals surface area contributed by atoms with Crippen LogP contribution in [0.3, 0.4) is 0 Å². The Hall–Kier alpha value is -4.12. The number of hydrogen-bond donors (Lipinski definition) is 1. The first-order chi connectivity index (χ1) is 21.9. The Morgan fingerprint density at radius 1 is 0.870 bits per heavy atom. The number of rotatable bonds is 6. The zero-order chi connectivity index (χ0) is 34.2. The van der Waals surface area contributed by atoms with Gasteiger partial charge in [0.15, 0.2) is 0 Å². The van der Waals surface area contributed by atoms with Gasteiger partial charge in [0.1, 0.15) is 17.4 Å². The predicted molar refractivity (Wildman–Crippen MR) is 190 cm³/mol. The van der Waals surface area contributed by atoms with Gasteiger partial charge < -0.3 is 5.32 Å². The summed E-state index contributed by atoms with van der Waals surface area (Å²) in [5.41, 5.74) is 11.8. The Labute approximate surface area is 274 Å². The molecule has 2 aliphatic carbocycles. The van der Waals surface area contributed by atoms with Crippen LogP contribution >= 0.6 is 0 Å². The molecule has 3 aromatic carbocycles. The topological polar surface area (TPSA) is 42.0 Å². The van der Waals surface area contributed by atoms with Crippen LogP contribution in [0.2, 0.25) is 0 Å². The first-order valence-electron chi connectivity index (χ1n) is 16.3. The molecule has 0 amide bonds. The molecule has 0 saturated heterocycles. The van der Waals surface area contributed by atoms with E-state index < -0.39 is 0 Å². The van der Waals surface area contributed by atoms with Gasteiger partial charge in [-0.3, -0.25) is 9.78 Å². The molecular formula is C41H50F2N2O. The molecule has 244 valence electrons. The van der Waals surface area contributed by atoms with Crippen LogP contribution in [0.1, 0.15) is 92.3 Å². The molecule has 1 heterocycles. The quantitative estimate of drug-likeness (QED) is 0.217. The van der Waals surface area contributed by atoms with Crippen LogP contribution in [-0.2, 0) is 11.2 Å². The van der Waals surface area contributed by atoms with Crippen molar-refractivity contribution in [2.75, 3.05) is 7.05 Å². The van der Waals surface area contributed by atoms with Crippen molar-refractivity contribution in [3.63, 3.8) is 0 Å². The lowest BCUT2D eigenvalue weighted by Gasteiger charge is -2.13. The number of carbonyl (C=O) groups excluding carboxylic acids is 1. The van der Waals surface area contributed by atoms with E-state index in [9.17, 15) is 13.6 Å². The smallest absolute Gasteiger partial charge is 0.139 e. The molecule has 0 unspecified atom stereocenters. The number of nitrogens with zero attached hydrogens (tertiary/aromatic N) is 1. The fourth-order valence-electron chi connectivity index (χ4n) is 5.57. The zero-order valence-corrected chi connectivity index (χ0v) is 29.1. The normalized spacial score (nSPS) is 13.6. The summed E-state index contributed by atoms with van der Waals surface area (Å²) in [5, 5.41) is 4.13. The van der Waals surface area contributed by atoms with Gasteiger partial charge >= 0.3 is 0 Å². The number of fused-ring (bicyclic) bond motifs is 1. The van der Waals surface area contributed by atoms with Crippen LogP contribution in [0.15, 0.2) is 78.5 Å². The summed E-state index contributed by atoms with van der Waals surface area (Å²) in [6, 6.07) is 16.3. The number of carbonyl (C=O) groups is 1. The van der Waals surface area contributed by atoms with Crippen molar-refractivity contribution in [2.45, 2.75) is 87.5 Å². The minimum Gasteiger partial charge on any atom is -0.388 e. The van der Waals surface area contributed by atoms with E-state index in [1.54, 1.807) is 30.8 Å². The number of hydrogen-bond acceptors (Lipinski definition) is 3. The van der Waals surface area contributed by atoms with Gasteiger partial charge in [-0.25, -0.2) is 8.78 Å². The number of ketones is 1. The average Bonchev–Trinajstić information content (AvgIpc) is 3.96. The Balaban J connectivity index is 0.000000215. The number of aromatic nitrogens is 1. The van der Waals surface area contributed by atoms with E-state index >= 15 is 0 Å². The molecule has 1 N–H and O–H groups in total. The monoisotopic (exact) mass is 624 g/mol. The minimum absolute atomic E-state index is 0.0336. The lowest BCUT2D eigenvalue weighted by molar-refractivity contribution is -0.120. The van der Waals surface area contributed by atoms with E-state index in [4.69, 9.17) is 0 Å². The van der Waals surface area contributed by atoms with Gasteiger partial charge in [0.05, 0.1) is 5.52 Å². The Morgan fingerprint density at radius 2 is 1.54 bits per heavy atom. The molecule has 1 aromatic heterocycles. The standard InChI is InChI=1S/C21H21FN2.C10H14O.C8H9F.C2H6/c1-13-5-6-17(20(22)9-13)11-16-7-8-24-21-10-14(2)18(12-19(16)21)15(3)23-4;1-7(9-3-4-9)10(5-6-10)8(2)11;1-6-3-4-8(9)5-7(6)2;1-2/h5-10,12,23H,3,11H2,1-2,4H3;3-6H2,1-2H3;3-5H,1-2H3;1-2H3. The fourth-order valence-corrected chi connectivity index (χ4v) is 5.57. The highest BCUT2D eigenvalue weighted by Gasteiger charge is 2.50. The van der Waals surface area contributed by atoms with E-state index in [-0.39, 0.29) is 17.0 Å². The second kappa shape index (κ2) is 15.9. The van der Waals surface area contributed by atoms with Gasteiger partial charge in [-0.15, -0.1) is 0 Å². The van der Waals surface area contributed by atoms with Gasteiger partial charge in [0.25, 0.3) is 0 Å². The van der Waals surface area contributed by atoms with Crippen LogP contribution in [0.25, 0.3) is 16.6 Å². The molecule has 6 rings (SSSR count). The lowest BCUT2D eigenvalue weighted by atomic mass is 9.92. The molecule has 3 nitrogen and oxygen atoms in total. The highest BCUT2D eigenvalue weighted by atomic mass is 19.1. The van der Waals surface area contributed by atoms with Gasteiger partial charge in [-0.2, -0.15) is 0 Å². The number of halogens is 2. The van der Waals surface area contributed by atoms with Crippen molar-refractivity contribution in [3.05, 3.63) is 129 Å². The van der Waals surface area contributed by atoms with Crippen molar-refractivity contribution in [3.8, 4) is 0 Å². The number of allylic oxidation sites excluding steroid dienone is 2. The molecule has 0 bridgehead atoms. The molecule has 2 aliphatic rings. The van der Waals surface area contributed by atoms with Crippen LogP contribution < -0.4 is 5.32 Å². The number of pyridine rings is 1. The van der Waals surface area contributed by atoms with Crippen molar-refractivity contribution >= 4 is 22.4 Å². The Bertz CT molecular complexity index is 1740. The van der Waals surface area contributed by atoms with Gasteiger partial charge in [0, 0.05) is 41.7 Å². The van der Waals surface area contributed by atoms with E-state index in [0.29, 0.717) is 17.8 Å². The summed E-state index contributed by atoms with van der Waals surface area (Å²) in [6.07, 6.45) is 7.05. The van der Waals surface area contributed by atoms with E-state index in [1.165, 1.54) is 30.5 Å². The highest BCUT2D eigenvalue weighted by Crippen LogP contribution is 2.56. The molecule has 4 aromatic rings. The van der Waals surface area contributed by atoms with Crippen molar-refractivity contribution in [1.29, 1.82) is 0 Å². The second-order valence-corrected chi connectivity index (χ2v) is 12.2. The van der Waals surface area contributed by atoms with Gasteiger partial charge in [-0.1, -0.05) is 49.8 Å². The second-order valence-electron chi connectivity index (χ2n) is 12.2. The molecule has 5 heteroatoms. The van der Waals surface area contributed by atoms with Crippen molar-refractivity contribution in [2.24, 2.45) is 5.41 Å². The molecule has 0 spiro atoms. The summed E-state index contributed by atoms with van der Waals surface area (Å²) < 4.78 is 26.6. The van der Waals surface area contributed by atoms with Gasteiger partial charge in [0.2, 0.25) is 0 Å². The Kier molecular flexibility index (Phi) is 12.6. The summed E-state index contributed by atoms with van der Waals surface area (Å²) in [7, 11) is 1.86. The average molecular weight is 625 g/mol. The SMILES string of the molecule is C=C(NC)c1cc2c(Cc3ccc(C)cc3F)ccnc2cc1C.CC.CC(=O)C1(C(C)=C2CC2)CC1.Cc1ccc(F)cc1C. The van der Waals surface area contributed by atoms with Crippen LogP contribution in [-0.4, -0.2) is 17.8 Å². The first kappa shape index (κ1) is 36.3. The molecule has 2 fully saturated rings. The summed E-state index contributed by atoms with van der Waals surface area (Å²) in [6.45, 7) is 19.8. The molecule has 0 radical (unpaired) electrons. The summed E-state index contributed by atoms with van der Waals surface area (Å²) >= 11 is 0. The van der Waals surface area contributed by atoms with E-state index in [0.717, 1.165) is 62.8 Å². The number of Topliss-reactive ketones (excluding diaryl/α,β-unsaturated/α-hetero) is 1. The van der Waals surface area contributed by atoms with Crippen molar-refractivity contribution < 1.29 is 13.6 Å². The maximum atomic E-state index is 14.2. The number of nitrogens with one attached hydrogen (secondary N) is 1. The fraction of sp³-hybridized carbons (Fsp3) is 0.366. The third-order valence-electron chi connectivity index (χ3n) is 9.04. The lowest BCUT2D eigenvalue weighted by Crippen LogP contribution is -2.13. The van der Waals surface area contributed by atoms with E-state index in [2.05, 4.69) is 35.9 Å².